The van der Waals surface area contributed by atoms with Crippen molar-refractivity contribution in [1.82, 2.24) is 10.2 Å². The second-order valence-electron chi connectivity index (χ2n) is 7.85. The van der Waals surface area contributed by atoms with Crippen LogP contribution in [0, 0.1) is 5.82 Å². The number of halogens is 2. The summed E-state index contributed by atoms with van der Waals surface area (Å²) >= 11 is 5.90. The Kier molecular flexibility index (Phi) is 9.25. The second kappa shape index (κ2) is 11.5. The maximum Gasteiger partial charge on any atom is 0.244 e. The average molecular weight is 498 g/mol. The Hall–Kier alpha value is -2.65. The van der Waals surface area contributed by atoms with Crippen LogP contribution in [-0.2, 0) is 26.2 Å². The Labute approximate surface area is 199 Å². The quantitative estimate of drug-likeness (QED) is 0.543. The number of sulfonamides is 1. The summed E-state index contributed by atoms with van der Waals surface area (Å²) in [5.74, 6) is -1.58. The van der Waals surface area contributed by atoms with E-state index in [1.807, 2.05) is 13.8 Å². The predicted octanol–water partition coefficient (Wildman–Crippen LogP) is 3.58. The van der Waals surface area contributed by atoms with Gasteiger partial charge in [0, 0.05) is 23.2 Å². The molecule has 0 aliphatic heterocycles. The lowest BCUT2D eigenvalue weighted by Gasteiger charge is -2.32. The lowest BCUT2D eigenvalue weighted by Crippen LogP contribution is -2.52. The molecule has 33 heavy (non-hydrogen) atoms. The van der Waals surface area contributed by atoms with Gasteiger partial charge in [0.2, 0.25) is 21.8 Å². The molecule has 0 heterocycles. The summed E-state index contributed by atoms with van der Waals surface area (Å²) in [5.41, 5.74) is 0.462. The minimum Gasteiger partial charge on any atom is -0.352 e. The molecule has 0 unspecified atom stereocenters. The van der Waals surface area contributed by atoms with Crippen molar-refractivity contribution < 1.29 is 22.4 Å². The molecule has 0 bridgehead atoms. The van der Waals surface area contributed by atoms with Crippen LogP contribution in [0.15, 0.2) is 48.5 Å². The Morgan fingerprint density at radius 2 is 1.70 bits per heavy atom. The van der Waals surface area contributed by atoms with Crippen LogP contribution >= 0.6 is 11.6 Å². The van der Waals surface area contributed by atoms with E-state index in [9.17, 15) is 22.4 Å². The van der Waals surface area contributed by atoms with Crippen LogP contribution in [0.2, 0.25) is 5.02 Å². The van der Waals surface area contributed by atoms with Crippen molar-refractivity contribution in [1.29, 1.82) is 0 Å². The van der Waals surface area contributed by atoms with Crippen molar-refractivity contribution in [3.05, 3.63) is 64.9 Å². The highest BCUT2D eigenvalue weighted by Crippen LogP contribution is 2.21. The highest BCUT2D eigenvalue weighted by atomic mass is 35.5. The molecule has 2 amide bonds. The number of hydrogen-bond donors (Lipinski definition) is 1. The van der Waals surface area contributed by atoms with E-state index in [0.29, 0.717) is 11.4 Å². The SMILES string of the molecule is CC[C@@H](C)NC(=O)[C@@H](C)N(Cc1ccccc1F)C(=O)CN(c1ccc(Cl)cc1)S(C)(=O)=O. The molecule has 0 radical (unpaired) electrons. The van der Waals surface area contributed by atoms with Gasteiger partial charge < -0.3 is 10.2 Å². The molecule has 0 saturated carbocycles. The number of amides is 2. The third-order valence-corrected chi connectivity index (χ3v) is 6.65. The van der Waals surface area contributed by atoms with Gasteiger partial charge in [-0.05, 0) is 50.6 Å². The Morgan fingerprint density at radius 1 is 1.09 bits per heavy atom. The van der Waals surface area contributed by atoms with Crippen molar-refractivity contribution >= 4 is 39.1 Å². The van der Waals surface area contributed by atoms with Gasteiger partial charge in [-0.2, -0.15) is 0 Å². The van der Waals surface area contributed by atoms with Crippen LogP contribution in [0.4, 0.5) is 10.1 Å². The third-order valence-electron chi connectivity index (χ3n) is 5.26. The van der Waals surface area contributed by atoms with Gasteiger partial charge in [0.05, 0.1) is 11.9 Å². The zero-order valence-electron chi connectivity index (χ0n) is 19.1. The molecule has 2 aromatic carbocycles. The van der Waals surface area contributed by atoms with Crippen LogP contribution in [0.3, 0.4) is 0 Å². The molecule has 0 fully saturated rings. The highest BCUT2D eigenvalue weighted by Gasteiger charge is 2.30. The molecule has 2 atom stereocenters. The average Bonchev–Trinajstić information content (AvgIpc) is 2.76. The van der Waals surface area contributed by atoms with Crippen LogP contribution in [-0.4, -0.2) is 50.0 Å². The molecular weight excluding hydrogens is 469 g/mol. The summed E-state index contributed by atoms with van der Waals surface area (Å²) in [7, 11) is -3.84. The molecule has 0 aliphatic rings. The Morgan fingerprint density at radius 3 is 2.24 bits per heavy atom. The molecule has 2 rings (SSSR count). The minimum atomic E-state index is -3.84. The molecule has 0 saturated heterocycles. The minimum absolute atomic E-state index is 0.119. The van der Waals surface area contributed by atoms with E-state index in [1.54, 1.807) is 6.07 Å². The summed E-state index contributed by atoms with van der Waals surface area (Å²) in [6, 6.07) is 10.8. The smallest absolute Gasteiger partial charge is 0.244 e. The zero-order chi connectivity index (χ0) is 24.8. The van der Waals surface area contributed by atoms with E-state index in [-0.39, 0.29) is 23.8 Å². The molecule has 180 valence electrons. The highest BCUT2D eigenvalue weighted by molar-refractivity contribution is 7.92. The van der Waals surface area contributed by atoms with Crippen molar-refractivity contribution in [3.63, 3.8) is 0 Å². The summed E-state index contributed by atoms with van der Waals surface area (Å²) in [4.78, 5) is 27.3. The van der Waals surface area contributed by atoms with Crippen molar-refractivity contribution in [3.8, 4) is 0 Å². The fraction of sp³-hybridized carbons (Fsp3) is 0.391. The lowest BCUT2D eigenvalue weighted by atomic mass is 10.1. The molecule has 7 nitrogen and oxygen atoms in total. The topological polar surface area (TPSA) is 86.8 Å². The monoisotopic (exact) mass is 497 g/mol. The molecular formula is C23H29ClFN3O4S. The molecule has 0 aromatic heterocycles. The number of rotatable bonds is 10. The van der Waals surface area contributed by atoms with E-state index in [2.05, 4.69) is 5.32 Å². The van der Waals surface area contributed by atoms with Crippen molar-refractivity contribution in [2.45, 2.75) is 45.8 Å². The number of nitrogens with one attached hydrogen (secondary N) is 1. The first kappa shape index (κ1) is 26.6. The van der Waals surface area contributed by atoms with Gasteiger partial charge in [0.25, 0.3) is 0 Å². The van der Waals surface area contributed by atoms with Gasteiger partial charge >= 0.3 is 0 Å². The third kappa shape index (κ3) is 7.43. The molecule has 2 aromatic rings. The predicted molar refractivity (Wildman–Crippen MR) is 128 cm³/mol. The van der Waals surface area contributed by atoms with E-state index < -0.39 is 40.2 Å². The van der Waals surface area contributed by atoms with Crippen molar-refractivity contribution in [2.75, 3.05) is 17.1 Å². The van der Waals surface area contributed by atoms with Gasteiger partial charge in [-0.3, -0.25) is 13.9 Å². The van der Waals surface area contributed by atoms with E-state index in [0.717, 1.165) is 10.6 Å². The first-order chi connectivity index (χ1) is 15.4. The number of carbonyl (C=O) groups excluding carboxylic acids is 2. The summed E-state index contributed by atoms with van der Waals surface area (Å²) < 4.78 is 40.2. The van der Waals surface area contributed by atoms with Gasteiger partial charge in [-0.15, -0.1) is 0 Å². The van der Waals surface area contributed by atoms with E-state index in [1.165, 1.54) is 54.3 Å². The van der Waals surface area contributed by atoms with Crippen LogP contribution < -0.4 is 9.62 Å². The first-order valence-electron chi connectivity index (χ1n) is 10.5. The number of carbonyl (C=O) groups is 2. The summed E-state index contributed by atoms with van der Waals surface area (Å²) in [6.07, 6.45) is 1.67. The van der Waals surface area contributed by atoms with Gasteiger partial charge in [0.1, 0.15) is 18.4 Å². The first-order valence-corrected chi connectivity index (χ1v) is 12.7. The van der Waals surface area contributed by atoms with Gasteiger partial charge in [-0.1, -0.05) is 36.7 Å². The van der Waals surface area contributed by atoms with Gasteiger partial charge in [-0.25, -0.2) is 12.8 Å². The maximum atomic E-state index is 14.3. The lowest BCUT2D eigenvalue weighted by molar-refractivity contribution is -0.139. The second-order valence-corrected chi connectivity index (χ2v) is 10.2. The number of benzene rings is 2. The standard InChI is InChI=1S/C23H29ClFN3O4S/c1-5-16(2)26-23(30)17(3)27(14-18-8-6-7-9-21(18)25)22(29)15-28(33(4,31)32)20-12-10-19(24)11-13-20/h6-13,16-17H,5,14-15H2,1-4H3,(H,26,30)/t16-,17-/m1/s1. The number of hydrogen-bond acceptors (Lipinski definition) is 4. The normalized spacial score (nSPS) is 13.2. The van der Waals surface area contributed by atoms with Crippen LogP contribution in [0.1, 0.15) is 32.8 Å². The van der Waals surface area contributed by atoms with Crippen LogP contribution in [0.25, 0.3) is 0 Å². The molecule has 1 N–H and O–H groups in total. The van der Waals surface area contributed by atoms with E-state index >= 15 is 0 Å². The molecule has 0 spiro atoms. The fourth-order valence-corrected chi connectivity index (χ4v) is 4.05. The largest absolute Gasteiger partial charge is 0.352 e. The fourth-order valence-electron chi connectivity index (χ4n) is 3.08. The van der Waals surface area contributed by atoms with Crippen molar-refractivity contribution in [2.24, 2.45) is 0 Å². The Bertz CT molecular complexity index is 1080. The van der Waals surface area contributed by atoms with Crippen LogP contribution in [0.5, 0.6) is 0 Å². The van der Waals surface area contributed by atoms with Gasteiger partial charge in [0.15, 0.2) is 0 Å². The number of anilines is 1. The maximum absolute atomic E-state index is 14.3. The molecule has 0 aliphatic carbocycles. The summed E-state index contributed by atoms with van der Waals surface area (Å²) in [6.45, 7) is 4.52. The van der Waals surface area contributed by atoms with E-state index in [4.69, 9.17) is 11.6 Å². The number of nitrogens with zero attached hydrogens (tertiary/aromatic N) is 2. The molecule has 10 heteroatoms. The zero-order valence-corrected chi connectivity index (χ0v) is 20.7. The Balaban J connectivity index is 2.39. The summed E-state index contributed by atoms with van der Waals surface area (Å²) in [5, 5.41) is 3.23.